The molecule has 0 aliphatic rings. The molecule has 104 valence electrons. The highest BCUT2D eigenvalue weighted by atomic mass is 32.1. The van der Waals surface area contributed by atoms with E-state index in [-0.39, 0.29) is 11.7 Å². The molecule has 0 bridgehead atoms. The Bertz CT molecular complexity index is 757. The Morgan fingerprint density at radius 3 is 2.65 bits per heavy atom. The lowest BCUT2D eigenvalue weighted by Gasteiger charge is -2.19. The van der Waals surface area contributed by atoms with E-state index >= 15 is 0 Å². The van der Waals surface area contributed by atoms with Gasteiger partial charge >= 0.3 is 5.69 Å². The lowest BCUT2D eigenvalue weighted by molar-refractivity contribution is 0.500. The van der Waals surface area contributed by atoms with Gasteiger partial charge in [0.2, 0.25) is 0 Å². The molecule has 0 aliphatic carbocycles. The van der Waals surface area contributed by atoms with E-state index in [4.69, 9.17) is 0 Å². The summed E-state index contributed by atoms with van der Waals surface area (Å²) in [4.78, 5) is 18.2. The average Bonchev–Trinajstić information content (AvgIpc) is 3.05. The molecule has 0 aliphatic heterocycles. The molecule has 0 fully saturated rings. The zero-order valence-electron chi connectivity index (χ0n) is 11.4. The summed E-state index contributed by atoms with van der Waals surface area (Å²) >= 11 is 1.76. The minimum Gasteiger partial charge on any atom is -0.306 e. The molecule has 20 heavy (non-hydrogen) atoms. The average molecular weight is 287 g/mol. The van der Waals surface area contributed by atoms with E-state index in [1.54, 1.807) is 11.3 Å². The first kappa shape index (κ1) is 13.1. The molecule has 1 unspecified atom stereocenters. The fourth-order valence-corrected chi connectivity index (χ4v) is 3.15. The summed E-state index contributed by atoms with van der Waals surface area (Å²) in [5.41, 5.74) is 2.70. The maximum Gasteiger partial charge on any atom is 0.323 e. The predicted molar refractivity (Wildman–Crippen MR) is 83.2 cm³/mol. The van der Waals surface area contributed by atoms with E-state index in [9.17, 15) is 4.79 Å². The van der Waals surface area contributed by atoms with E-state index in [0.717, 1.165) is 16.6 Å². The molecule has 0 spiro atoms. The molecule has 3 rings (SSSR count). The molecule has 2 aromatic heterocycles. The van der Waals surface area contributed by atoms with E-state index in [1.807, 2.05) is 18.2 Å². The van der Waals surface area contributed by atoms with Crippen LogP contribution in [0.4, 0.5) is 0 Å². The lowest BCUT2D eigenvalue weighted by Crippen LogP contribution is -2.21. The second-order valence-corrected chi connectivity index (χ2v) is 5.99. The Morgan fingerprint density at radius 1 is 1.10 bits per heavy atom. The third kappa shape index (κ3) is 2.55. The number of aromatic nitrogens is 2. The SMILES string of the molecule is CC(N[C@@H](C)c1cccs1)c1ccc2[nH]c(=O)[nH]c2c1. The minimum absolute atomic E-state index is 0.162. The molecule has 1 aromatic carbocycles. The van der Waals surface area contributed by atoms with Crippen molar-refractivity contribution in [2.75, 3.05) is 0 Å². The van der Waals surface area contributed by atoms with Crippen molar-refractivity contribution < 1.29 is 0 Å². The molecule has 0 saturated carbocycles. The third-order valence-corrected chi connectivity index (χ3v) is 4.57. The highest BCUT2D eigenvalue weighted by Crippen LogP contribution is 2.23. The molecule has 5 heteroatoms. The van der Waals surface area contributed by atoms with Crippen molar-refractivity contribution in [2.24, 2.45) is 0 Å². The van der Waals surface area contributed by atoms with Crippen molar-refractivity contribution in [1.29, 1.82) is 0 Å². The van der Waals surface area contributed by atoms with E-state index in [0.29, 0.717) is 6.04 Å². The monoisotopic (exact) mass is 287 g/mol. The molecule has 0 saturated heterocycles. The van der Waals surface area contributed by atoms with Gasteiger partial charge in [-0.3, -0.25) is 0 Å². The van der Waals surface area contributed by atoms with Crippen LogP contribution in [-0.2, 0) is 0 Å². The number of rotatable bonds is 4. The first-order valence-electron chi connectivity index (χ1n) is 6.65. The second kappa shape index (κ2) is 5.26. The number of fused-ring (bicyclic) bond motifs is 1. The van der Waals surface area contributed by atoms with Crippen molar-refractivity contribution >= 4 is 22.4 Å². The summed E-state index contributed by atoms with van der Waals surface area (Å²) in [6, 6.07) is 10.7. The molecule has 0 amide bonds. The van der Waals surface area contributed by atoms with Crippen LogP contribution in [0.25, 0.3) is 11.0 Å². The molecule has 2 atom stereocenters. The normalized spacial score (nSPS) is 14.5. The van der Waals surface area contributed by atoms with Gasteiger partial charge in [0, 0.05) is 17.0 Å². The number of H-pyrrole nitrogens is 2. The van der Waals surface area contributed by atoms with Gasteiger partial charge in [-0.25, -0.2) is 4.79 Å². The summed E-state index contributed by atoms with van der Waals surface area (Å²) in [6.45, 7) is 4.30. The predicted octanol–water partition coefficient (Wildman–Crippen LogP) is 3.33. The minimum atomic E-state index is -0.162. The standard InChI is InChI=1S/C15H17N3OS/c1-9(16-10(2)14-4-3-7-20-14)11-5-6-12-13(8-11)18-15(19)17-12/h3-10,16H,1-2H3,(H2,17,18,19)/t9?,10-/m0/s1. The molecule has 3 N–H and O–H groups in total. The number of aromatic amines is 2. The van der Waals surface area contributed by atoms with E-state index in [1.165, 1.54) is 4.88 Å². The number of benzene rings is 1. The number of hydrogen-bond acceptors (Lipinski definition) is 3. The highest BCUT2D eigenvalue weighted by Gasteiger charge is 2.12. The number of thiophene rings is 1. The Balaban J connectivity index is 1.81. The van der Waals surface area contributed by atoms with Gasteiger partial charge in [0.15, 0.2) is 0 Å². The number of imidazole rings is 1. The molecule has 4 nitrogen and oxygen atoms in total. The smallest absolute Gasteiger partial charge is 0.306 e. The van der Waals surface area contributed by atoms with Gasteiger partial charge in [0.1, 0.15) is 0 Å². The maximum atomic E-state index is 11.3. The number of nitrogens with one attached hydrogen (secondary N) is 3. The van der Waals surface area contributed by atoms with Gasteiger partial charge in [0.25, 0.3) is 0 Å². The zero-order chi connectivity index (χ0) is 14.1. The highest BCUT2D eigenvalue weighted by molar-refractivity contribution is 7.10. The summed E-state index contributed by atoms with van der Waals surface area (Å²) in [6.07, 6.45) is 0. The van der Waals surface area contributed by atoms with Gasteiger partial charge in [-0.1, -0.05) is 12.1 Å². The van der Waals surface area contributed by atoms with Crippen LogP contribution < -0.4 is 11.0 Å². The zero-order valence-corrected chi connectivity index (χ0v) is 12.3. The Labute approximate surface area is 120 Å². The van der Waals surface area contributed by atoms with Crippen LogP contribution >= 0.6 is 11.3 Å². The van der Waals surface area contributed by atoms with Crippen molar-refractivity contribution in [3.05, 3.63) is 56.6 Å². The maximum absolute atomic E-state index is 11.3. The lowest BCUT2D eigenvalue weighted by atomic mass is 10.1. The molecular formula is C15H17N3OS. The van der Waals surface area contributed by atoms with Gasteiger partial charge in [-0.2, -0.15) is 0 Å². The van der Waals surface area contributed by atoms with Gasteiger partial charge < -0.3 is 15.3 Å². The molecule has 3 aromatic rings. The summed E-state index contributed by atoms with van der Waals surface area (Å²) in [5.74, 6) is 0. The fourth-order valence-electron chi connectivity index (χ4n) is 2.41. The van der Waals surface area contributed by atoms with Crippen LogP contribution in [0.1, 0.15) is 36.4 Å². The van der Waals surface area contributed by atoms with Crippen molar-refractivity contribution in [1.82, 2.24) is 15.3 Å². The van der Waals surface area contributed by atoms with Gasteiger partial charge in [-0.05, 0) is 43.0 Å². The second-order valence-electron chi connectivity index (χ2n) is 5.01. The van der Waals surface area contributed by atoms with Crippen molar-refractivity contribution in [3.8, 4) is 0 Å². The summed E-state index contributed by atoms with van der Waals surface area (Å²) in [5, 5.41) is 5.67. The van der Waals surface area contributed by atoms with Crippen LogP contribution in [0.3, 0.4) is 0 Å². The quantitative estimate of drug-likeness (QED) is 0.689. The van der Waals surface area contributed by atoms with Crippen LogP contribution in [0, 0.1) is 0 Å². The van der Waals surface area contributed by atoms with Crippen molar-refractivity contribution in [3.63, 3.8) is 0 Å². The van der Waals surface area contributed by atoms with Crippen molar-refractivity contribution in [2.45, 2.75) is 25.9 Å². The largest absolute Gasteiger partial charge is 0.323 e. The Kier molecular flexibility index (Phi) is 3.46. The van der Waals surface area contributed by atoms with E-state index < -0.39 is 0 Å². The molecular weight excluding hydrogens is 270 g/mol. The van der Waals surface area contributed by atoms with Gasteiger partial charge in [0.05, 0.1) is 11.0 Å². The topological polar surface area (TPSA) is 60.7 Å². The number of hydrogen-bond donors (Lipinski definition) is 3. The van der Waals surface area contributed by atoms with Crippen LogP contribution in [0.2, 0.25) is 0 Å². The first-order valence-corrected chi connectivity index (χ1v) is 7.53. The summed E-state index contributed by atoms with van der Waals surface area (Å²) in [7, 11) is 0. The Hall–Kier alpha value is -1.85. The molecule has 0 radical (unpaired) electrons. The van der Waals surface area contributed by atoms with E-state index in [2.05, 4.69) is 46.6 Å². The van der Waals surface area contributed by atoms with Crippen LogP contribution in [-0.4, -0.2) is 9.97 Å². The summed E-state index contributed by atoms with van der Waals surface area (Å²) < 4.78 is 0. The van der Waals surface area contributed by atoms with Gasteiger partial charge in [-0.15, -0.1) is 11.3 Å². The third-order valence-electron chi connectivity index (χ3n) is 3.51. The first-order chi connectivity index (χ1) is 9.63. The van der Waals surface area contributed by atoms with Crippen LogP contribution in [0.5, 0.6) is 0 Å². The fraction of sp³-hybridized carbons (Fsp3) is 0.267. The Morgan fingerprint density at radius 2 is 1.90 bits per heavy atom. The van der Waals surface area contributed by atoms with Crippen LogP contribution in [0.15, 0.2) is 40.5 Å². The molecule has 2 heterocycles.